The van der Waals surface area contributed by atoms with Gasteiger partial charge in [0.05, 0.1) is 68.2 Å². The number of allylic oxidation sites excluding steroid dienone is 4. The average Bonchev–Trinajstić information content (AvgIpc) is 1.49. The summed E-state index contributed by atoms with van der Waals surface area (Å²) in [5.74, 6) is -8.90. The number of rotatable bonds is 34. The molecule has 0 radical (unpaired) electrons. The van der Waals surface area contributed by atoms with Crippen LogP contribution in [-0.2, 0) is 92.6 Å². The number of hydrogen-bond donors (Lipinski definition) is 13. The number of carbonyl (C=O) groups is 11. The van der Waals surface area contributed by atoms with E-state index in [4.69, 9.17) is 41.0 Å². The summed E-state index contributed by atoms with van der Waals surface area (Å²) in [7, 11) is 11.2. The van der Waals surface area contributed by atoms with Crippen LogP contribution in [0.1, 0.15) is 121 Å². The summed E-state index contributed by atoms with van der Waals surface area (Å²) in [6, 6.07) is 19.3. The zero-order valence-corrected chi connectivity index (χ0v) is 81.2. The molecule has 14 N–H and O–H groups in total. The molecule has 9 amide bonds. The van der Waals surface area contributed by atoms with Gasteiger partial charge in [0.15, 0.2) is 17.1 Å². The summed E-state index contributed by atoms with van der Waals surface area (Å²) >= 11 is 6.97. The van der Waals surface area contributed by atoms with Gasteiger partial charge in [-0.25, -0.2) is 9.59 Å². The lowest BCUT2D eigenvalue weighted by Gasteiger charge is -2.58. The molecule has 4 aromatic carbocycles. The quantitative estimate of drug-likeness (QED) is 0.0125. The molecule has 5 heterocycles. The normalized spacial score (nSPS) is 28.2. The number of amides is 9. The third kappa shape index (κ3) is 26.8. The van der Waals surface area contributed by atoms with Gasteiger partial charge in [-0.3, -0.25) is 53.4 Å². The lowest BCUT2D eigenvalue weighted by Crippen LogP contribution is -2.79. The van der Waals surface area contributed by atoms with E-state index in [-0.39, 0.29) is 61.1 Å². The summed E-state index contributed by atoms with van der Waals surface area (Å²) in [6.45, 7) is 14.0. The number of ketones is 1. The first-order valence-electron chi connectivity index (χ1n) is 45.6. The number of hydrogen-bond acceptors (Lipinski definition) is 28. The fraction of sp³-hybridized carbons (Fsp3) is 0.568. The van der Waals surface area contributed by atoms with Gasteiger partial charge in [0.2, 0.25) is 47.3 Å². The number of nitrogens with zero attached hydrogens (tertiary/aromatic N) is 4. The fourth-order valence-electron chi connectivity index (χ4n) is 18.3. The van der Waals surface area contributed by atoms with Crippen LogP contribution in [0.25, 0.3) is 5.57 Å². The van der Waals surface area contributed by atoms with Crippen molar-refractivity contribution in [2.24, 2.45) is 23.5 Å². The second kappa shape index (κ2) is 48.9. The van der Waals surface area contributed by atoms with Crippen molar-refractivity contribution in [3.63, 3.8) is 0 Å². The van der Waals surface area contributed by atoms with E-state index in [1.165, 1.54) is 69.7 Å². The number of likely N-dealkylation sites (N-methyl/N-ethyl adjacent to an activating group) is 1. The van der Waals surface area contributed by atoms with Crippen molar-refractivity contribution >= 4 is 131 Å². The molecule has 4 aromatic rings. The number of alkyl carbamates (subject to hydrolysis) is 1. The van der Waals surface area contributed by atoms with Crippen molar-refractivity contribution in [3.8, 4) is 5.75 Å². The summed E-state index contributed by atoms with van der Waals surface area (Å²) in [4.78, 5) is 170. The zero-order chi connectivity index (χ0) is 96.0. The predicted molar refractivity (Wildman–Crippen MR) is 514 cm³/mol. The van der Waals surface area contributed by atoms with Crippen LogP contribution < -0.4 is 57.9 Å². The van der Waals surface area contributed by atoms with Crippen molar-refractivity contribution in [3.05, 3.63) is 160 Å². The van der Waals surface area contributed by atoms with Gasteiger partial charge in [-0.2, -0.15) is 0 Å². The molecule has 1 unspecified atom stereocenters. The molecule has 4 saturated heterocycles. The molecule has 11 rings (SSSR count). The lowest BCUT2D eigenvalue weighted by molar-refractivity contribution is -0.265. The first kappa shape index (κ1) is 105. The lowest BCUT2D eigenvalue weighted by atomic mass is 9.57. The number of unbranched alkanes of at least 4 members (excludes halogenated alkanes) is 1. The highest BCUT2D eigenvalue weighted by molar-refractivity contribution is 8.77. The number of aliphatic hydroxyl groups is 4. The Hall–Kier alpha value is -8.64. The average molecular weight is 1940 g/mol. The number of halogens is 1. The number of carbonyl (C=O) groups excluding carboxylic acids is 11. The molecule has 7 aliphatic rings. The molecular weight excluding hydrogens is 1810 g/mol. The van der Waals surface area contributed by atoms with E-state index in [0.717, 1.165) is 99.9 Å². The van der Waals surface area contributed by atoms with Gasteiger partial charge in [-0.15, -0.1) is 0 Å². The van der Waals surface area contributed by atoms with E-state index in [1.54, 1.807) is 61.1 Å². The minimum Gasteiger partial charge on any atom is -0.495 e. The van der Waals surface area contributed by atoms with E-state index in [2.05, 4.69) is 52.3 Å². The molecule has 1 saturated carbocycles. The maximum Gasteiger partial charge on any atom is 0.409 e. The molecular formula is C95H130ClN13O20S4. The van der Waals surface area contributed by atoms with Crippen molar-refractivity contribution in [2.45, 2.75) is 214 Å². The summed E-state index contributed by atoms with van der Waals surface area (Å²) < 4.78 is 31.0. The minimum atomic E-state index is -2.39. The standard InChI is InChI=1S/C95H130ClN13O20S4/c1-56-23-21-31-77(126-10)95(124)83-82(127-92(123)105-95)57(2)84-93(6,128-84)94(83,52-79(115)107(8)74-48-63(45-56)49-76(125-9)80(74)96)129-91(122)58(3)106(7)78(114)34-44-131-130-43-22-37-108-39-41-109(42-40-108)38-36-98-69(47-62-26-15-12-16-27-62)87(118)102-72-54-132-133-55-73(89(120)101-71(53-110)59(4)111)103-90(121)81(60(5)112)104-86(117)68(30-19-20-35-97)99-88(119)70(50-65-33-32-64-28-17-18-29-67(64)65)100-85(116)66(51-75(72)113)46-61-24-13-11-14-25-61/h11-18,21,23-29,31,33,48-49,57-60,66,68-73,77,81-84,98,110-112,124H,19-20,22,30,32,34-47,50-55,97H2,1-10H3,(H,99,119)(H,100,116)(H,101,120)(H,102,118)(H,103,121)(H,104,117)(H,105,123)/b31-21+,56-23+/t57-,58+,59-,60-,66-,68+,69-,70-,71-,72+,73+,77-,81+,82-,83?,84+,93-,94-,95-/m1/s1. The number of anilines is 1. The second-order valence-corrected chi connectivity index (χ2v) is 41.3. The molecule has 0 aromatic heterocycles. The number of nitrogens with two attached hydrogens (primary N) is 1. The third-order valence-electron chi connectivity index (χ3n) is 26.3. The van der Waals surface area contributed by atoms with Gasteiger partial charge >= 0.3 is 12.1 Å². The van der Waals surface area contributed by atoms with Gasteiger partial charge in [0.1, 0.15) is 58.8 Å². The molecule has 38 heteroatoms. The highest BCUT2D eigenvalue weighted by Crippen LogP contribution is 2.65. The predicted octanol–water partition coefficient (Wildman–Crippen LogP) is 5.14. The monoisotopic (exact) mass is 1940 g/mol. The van der Waals surface area contributed by atoms with Gasteiger partial charge < -0.3 is 102 Å². The number of epoxide rings is 1. The number of methoxy groups -OCH3 is 2. The van der Waals surface area contributed by atoms with E-state index in [0.29, 0.717) is 61.5 Å². The SMILES string of the molecule is COc1cc2cc(c1Cl)N(C)C(=O)C[C@@]1(OC(=O)[C@H](C)N(C)C(=O)CCSSCCCN3CCN(CCN[C@H](Cc4ccccc4)C(=O)N[C@H]4CSSC[C@@H](C(=O)N[C@H](CO)[C@@H](C)O)NC(=O)[C@H]([C@@H](C)O)NC(=O)[C@H](CCCCN)NC(=O)[C@@H](CC5=CCc6ccccc65)NC(=O)[C@H](Cc5ccccc5)CC4=O)CC3)C3[C@H](OC(=O)N[C@@]3(O)[C@H](OC)/C=C/C=C(\C)C2)[C@@H](C)[C@@H]2O[C@]21C. The van der Waals surface area contributed by atoms with E-state index < -0.39 is 192 Å². The van der Waals surface area contributed by atoms with Gasteiger partial charge in [0, 0.05) is 115 Å². The largest absolute Gasteiger partial charge is 0.495 e. The first-order valence-corrected chi connectivity index (χ1v) is 50.9. The summed E-state index contributed by atoms with van der Waals surface area (Å²) in [5, 5.41) is 68.1. The molecule has 5 aliphatic heterocycles. The zero-order valence-electron chi connectivity index (χ0n) is 77.2. The molecule has 5 fully saturated rings. The minimum absolute atomic E-state index is 0.0246. The number of benzene rings is 4. The van der Waals surface area contributed by atoms with Crippen molar-refractivity contribution in [2.75, 3.05) is 115 Å². The van der Waals surface area contributed by atoms with Crippen LogP contribution in [0.4, 0.5) is 10.5 Å². The van der Waals surface area contributed by atoms with Gasteiger partial charge in [-0.1, -0.05) is 177 Å². The molecule has 2 aliphatic carbocycles. The first-order chi connectivity index (χ1) is 63.6. The Morgan fingerprint density at radius 2 is 1.48 bits per heavy atom. The van der Waals surface area contributed by atoms with E-state index in [1.807, 2.05) is 91.9 Å². The van der Waals surface area contributed by atoms with Crippen LogP contribution >= 0.6 is 54.8 Å². The number of nitrogens with one attached hydrogen (secondary N) is 8. The van der Waals surface area contributed by atoms with Crippen molar-refractivity contribution < 1.29 is 96.9 Å². The number of piperazine rings is 1. The Labute approximate surface area is 798 Å². The number of Topliss-reactive ketones (excluding diaryl/α,β-unsaturated/α-hetero) is 1. The fourth-order valence-corrected chi connectivity index (χ4v) is 23.0. The van der Waals surface area contributed by atoms with Crippen molar-refractivity contribution in [1.82, 2.24) is 57.2 Å². The maximum absolute atomic E-state index is 15.5. The van der Waals surface area contributed by atoms with Crippen LogP contribution in [0, 0.1) is 17.8 Å². The Morgan fingerprint density at radius 1 is 0.812 bits per heavy atom. The Balaban J connectivity index is 0.723. The van der Waals surface area contributed by atoms with Crippen LogP contribution in [0.15, 0.2) is 127 Å². The number of ether oxygens (including phenoxy) is 5. The number of aliphatic hydroxyl groups excluding tert-OH is 3. The topological polar surface area (TPSA) is 453 Å². The van der Waals surface area contributed by atoms with Crippen LogP contribution in [0.5, 0.6) is 5.75 Å². The summed E-state index contributed by atoms with van der Waals surface area (Å²) in [6.07, 6.45) is 2.01. The third-order valence-corrected chi connectivity index (χ3v) is 31.6. The Morgan fingerprint density at radius 3 is 2.17 bits per heavy atom. The highest BCUT2D eigenvalue weighted by atomic mass is 35.5. The molecule has 726 valence electrons. The Kier molecular flexibility index (Phi) is 38.5. The van der Waals surface area contributed by atoms with Crippen molar-refractivity contribution in [1.29, 1.82) is 0 Å². The molecule has 2 bridgehead atoms. The molecule has 133 heavy (non-hydrogen) atoms. The van der Waals surface area contributed by atoms with Crippen LogP contribution in [0.2, 0.25) is 5.02 Å². The van der Waals surface area contributed by atoms with Crippen LogP contribution in [0.3, 0.4) is 0 Å². The molecule has 0 spiro atoms. The highest BCUT2D eigenvalue weighted by Gasteiger charge is 2.83. The Bertz CT molecular complexity index is 4830. The van der Waals surface area contributed by atoms with E-state index in [9.17, 15) is 44.4 Å². The molecule has 19 atom stereocenters. The smallest absolute Gasteiger partial charge is 0.409 e. The number of esters is 1. The van der Waals surface area contributed by atoms with E-state index >= 15 is 28.8 Å². The maximum atomic E-state index is 15.5. The van der Waals surface area contributed by atoms with Crippen LogP contribution in [-0.4, -0.2) is 306 Å². The summed E-state index contributed by atoms with van der Waals surface area (Å²) in [5.41, 5.74) is 6.08. The second-order valence-electron chi connectivity index (χ2n) is 35.6. The van der Waals surface area contributed by atoms with Gasteiger partial charge in [-0.05, 0) is 145 Å². The van der Waals surface area contributed by atoms with Gasteiger partial charge in [0.25, 0.3) is 0 Å². The molecule has 33 nitrogen and oxygen atoms in total. The number of fused-ring (bicyclic) bond motifs is 5.